The molecule has 0 bridgehead atoms. The largest absolute Gasteiger partial charge is 0.509 e. The summed E-state index contributed by atoms with van der Waals surface area (Å²) in [5.74, 6) is -2.39. The van der Waals surface area contributed by atoms with Gasteiger partial charge in [0.2, 0.25) is 5.78 Å². The van der Waals surface area contributed by atoms with Gasteiger partial charge < -0.3 is 19.7 Å². The van der Waals surface area contributed by atoms with E-state index in [0.717, 1.165) is 12.8 Å². The van der Waals surface area contributed by atoms with Gasteiger partial charge in [0.1, 0.15) is 6.61 Å². The SMILES string of the molecule is CCCCCOC(=O)O[C@]1(C(=O)CO)[C@H](C)C[C@H]2[C@@H]3CCC4=CC(=O)C=C[C@]4(C)[C@@]3(F)[C@@H](O)C[C@@]21C. The quantitative estimate of drug-likeness (QED) is 0.392. The lowest BCUT2D eigenvalue weighted by Gasteiger charge is -2.62. The van der Waals surface area contributed by atoms with E-state index in [1.807, 2.05) is 6.92 Å². The van der Waals surface area contributed by atoms with Crippen LogP contribution in [-0.2, 0) is 19.1 Å². The second-order valence-electron chi connectivity index (χ2n) is 11.6. The van der Waals surface area contributed by atoms with E-state index < -0.39 is 64.5 Å². The lowest BCUT2D eigenvalue weighted by molar-refractivity contribution is -0.222. The van der Waals surface area contributed by atoms with E-state index in [0.29, 0.717) is 31.3 Å². The number of unbranched alkanes of at least 4 members (excludes halogenated alkanes) is 2. The van der Waals surface area contributed by atoms with Gasteiger partial charge >= 0.3 is 6.16 Å². The van der Waals surface area contributed by atoms with Crippen molar-refractivity contribution in [2.24, 2.45) is 28.6 Å². The molecular formula is C28H39FO7. The number of allylic oxidation sites excluding steroid dienone is 4. The highest BCUT2D eigenvalue weighted by atomic mass is 19.1. The maximum absolute atomic E-state index is 17.3. The molecule has 0 aliphatic heterocycles. The Hall–Kier alpha value is -2.06. The average Bonchev–Trinajstić information content (AvgIpc) is 3.04. The molecule has 0 aromatic carbocycles. The Morgan fingerprint density at radius 1 is 1.22 bits per heavy atom. The van der Waals surface area contributed by atoms with Crippen LogP contribution < -0.4 is 0 Å². The van der Waals surface area contributed by atoms with Gasteiger partial charge in [-0.2, -0.15) is 0 Å². The summed E-state index contributed by atoms with van der Waals surface area (Å²) in [6, 6.07) is 0. The second-order valence-corrected chi connectivity index (χ2v) is 11.6. The van der Waals surface area contributed by atoms with Crippen LogP contribution in [0.15, 0.2) is 23.8 Å². The molecular weight excluding hydrogens is 467 g/mol. The van der Waals surface area contributed by atoms with Crippen molar-refractivity contribution in [2.45, 2.75) is 90.0 Å². The molecule has 4 aliphatic carbocycles. The van der Waals surface area contributed by atoms with E-state index in [2.05, 4.69) is 0 Å². The number of fused-ring (bicyclic) bond motifs is 5. The van der Waals surface area contributed by atoms with Crippen LogP contribution in [0, 0.1) is 28.6 Å². The molecule has 0 saturated heterocycles. The Balaban J connectivity index is 1.72. The van der Waals surface area contributed by atoms with Crippen molar-refractivity contribution < 1.29 is 38.5 Å². The standard InChI is InChI=1S/C28H39FO7/c1-5-6-7-12-35-24(34)36-28(23(33)16-30)17(2)13-21-20-9-8-18-14-19(31)10-11-25(18,3)27(20,29)22(32)15-26(21,28)4/h10-11,14,17,20-22,30,32H,5-9,12-13,15-16H2,1-4H3/t17-,20+,21+,22+,25+,26+,27+,28+/m1/s1. The summed E-state index contributed by atoms with van der Waals surface area (Å²) in [5.41, 5.74) is -5.39. The number of aliphatic hydroxyl groups is 2. The maximum atomic E-state index is 17.3. The molecule has 0 spiro atoms. The van der Waals surface area contributed by atoms with Gasteiger partial charge in [-0.3, -0.25) is 9.59 Å². The highest BCUT2D eigenvalue weighted by Crippen LogP contribution is 2.71. The first kappa shape index (κ1) is 27.0. The van der Waals surface area contributed by atoms with Gasteiger partial charge in [0.05, 0.1) is 12.7 Å². The number of ether oxygens (including phenoxy) is 2. The zero-order valence-corrected chi connectivity index (χ0v) is 21.7. The molecule has 0 aromatic heterocycles. The van der Waals surface area contributed by atoms with Crippen LogP contribution in [0.2, 0.25) is 0 Å². The highest BCUT2D eigenvalue weighted by Gasteiger charge is 2.77. The van der Waals surface area contributed by atoms with E-state index in [1.165, 1.54) is 12.2 Å². The van der Waals surface area contributed by atoms with Crippen molar-refractivity contribution >= 4 is 17.7 Å². The Bertz CT molecular complexity index is 990. The molecule has 8 heteroatoms. The number of carbonyl (C=O) groups excluding carboxylic acids is 3. The van der Waals surface area contributed by atoms with Gasteiger partial charge in [-0.1, -0.05) is 45.3 Å². The summed E-state index contributed by atoms with van der Waals surface area (Å²) in [4.78, 5) is 38.2. The Morgan fingerprint density at radius 2 is 1.94 bits per heavy atom. The maximum Gasteiger partial charge on any atom is 0.509 e. The molecule has 3 saturated carbocycles. The number of hydrogen-bond acceptors (Lipinski definition) is 7. The fraction of sp³-hybridized carbons (Fsp3) is 0.750. The fourth-order valence-corrected chi connectivity index (χ4v) is 8.18. The Kier molecular flexibility index (Phi) is 7.01. The zero-order valence-electron chi connectivity index (χ0n) is 21.7. The molecule has 8 atom stereocenters. The summed E-state index contributed by atoms with van der Waals surface area (Å²) < 4.78 is 28.4. The van der Waals surface area contributed by atoms with E-state index in [9.17, 15) is 24.6 Å². The van der Waals surface area contributed by atoms with Gasteiger partial charge in [-0.05, 0) is 57.1 Å². The van der Waals surface area contributed by atoms with Crippen molar-refractivity contribution in [3.05, 3.63) is 23.8 Å². The van der Waals surface area contributed by atoms with Crippen molar-refractivity contribution in [3.63, 3.8) is 0 Å². The Morgan fingerprint density at radius 3 is 2.61 bits per heavy atom. The van der Waals surface area contributed by atoms with Crippen LogP contribution in [0.5, 0.6) is 0 Å². The molecule has 2 N–H and O–H groups in total. The number of alkyl halides is 1. The monoisotopic (exact) mass is 506 g/mol. The molecule has 4 aliphatic rings. The minimum absolute atomic E-state index is 0.130. The van der Waals surface area contributed by atoms with Gasteiger partial charge in [-0.25, -0.2) is 9.18 Å². The molecule has 0 radical (unpaired) electrons. The first-order chi connectivity index (χ1) is 16.9. The van der Waals surface area contributed by atoms with E-state index in [1.54, 1.807) is 26.8 Å². The number of halogens is 1. The predicted molar refractivity (Wildman–Crippen MR) is 130 cm³/mol. The van der Waals surface area contributed by atoms with Gasteiger partial charge in [0.15, 0.2) is 17.1 Å². The van der Waals surface area contributed by atoms with Crippen molar-refractivity contribution in [1.82, 2.24) is 0 Å². The molecule has 200 valence electrons. The normalized spacial score (nSPS) is 43.2. The van der Waals surface area contributed by atoms with Gasteiger partial charge in [-0.15, -0.1) is 0 Å². The Labute approximate surface area is 212 Å². The predicted octanol–water partition coefficient (Wildman–Crippen LogP) is 4.25. The van der Waals surface area contributed by atoms with Gasteiger partial charge in [0.25, 0.3) is 0 Å². The lowest BCUT2D eigenvalue weighted by atomic mass is 9.44. The smallest absolute Gasteiger partial charge is 0.434 e. The summed E-state index contributed by atoms with van der Waals surface area (Å²) in [6.07, 6.45) is 5.62. The van der Waals surface area contributed by atoms with Crippen LogP contribution in [0.25, 0.3) is 0 Å². The third-order valence-electron chi connectivity index (χ3n) is 9.95. The van der Waals surface area contributed by atoms with Crippen molar-refractivity contribution in [2.75, 3.05) is 13.2 Å². The third-order valence-corrected chi connectivity index (χ3v) is 9.95. The lowest BCUT2D eigenvalue weighted by Crippen LogP contribution is -2.70. The molecule has 0 aromatic rings. The third kappa shape index (κ3) is 3.54. The summed E-state index contributed by atoms with van der Waals surface area (Å²) in [7, 11) is 0. The molecule has 4 rings (SSSR count). The van der Waals surface area contributed by atoms with Crippen LogP contribution >= 0.6 is 0 Å². The van der Waals surface area contributed by atoms with Crippen LogP contribution in [-0.4, -0.2) is 58.5 Å². The number of ketones is 2. The minimum atomic E-state index is -2.06. The molecule has 7 nitrogen and oxygen atoms in total. The number of rotatable bonds is 7. The summed E-state index contributed by atoms with van der Waals surface area (Å²) in [6.45, 7) is 6.63. The van der Waals surface area contributed by atoms with Crippen LogP contribution in [0.1, 0.15) is 72.6 Å². The zero-order chi connectivity index (χ0) is 26.5. The average molecular weight is 507 g/mol. The summed E-state index contributed by atoms with van der Waals surface area (Å²) in [5, 5.41) is 21.4. The number of Topliss-reactive ketones (excluding diaryl/α,β-unsaturated/α-hetero) is 1. The molecule has 0 unspecified atom stereocenters. The van der Waals surface area contributed by atoms with E-state index in [4.69, 9.17) is 9.47 Å². The van der Waals surface area contributed by atoms with Crippen LogP contribution in [0.4, 0.5) is 9.18 Å². The summed E-state index contributed by atoms with van der Waals surface area (Å²) >= 11 is 0. The number of carbonyl (C=O) groups is 3. The van der Waals surface area contributed by atoms with Crippen LogP contribution in [0.3, 0.4) is 0 Å². The molecule has 0 heterocycles. The topological polar surface area (TPSA) is 110 Å². The van der Waals surface area contributed by atoms with Crippen molar-refractivity contribution in [1.29, 1.82) is 0 Å². The van der Waals surface area contributed by atoms with E-state index in [-0.39, 0.29) is 18.8 Å². The first-order valence-corrected chi connectivity index (χ1v) is 13.2. The molecule has 36 heavy (non-hydrogen) atoms. The molecule has 3 fully saturated rings. The number of hydrogen-bond donors (Lipinski definition) is 2. The van der Waals surface area contributed by atoms with E-state index >= 15 is 4.39 Å². The first-order valence-electron chi connectivity index (χ1n) is 13.2. The fourth-order valence-electron chi connectivity index (χ4n) is 8.18. The van der Waals surface area contributed by atoms with Crippen molar-refractivity contribution in [3.8, 4) is 0 Å². The minimum Gasteiger partial charge on any atom is -0.434 e. The number of aliphatic hydroxyl groups excluding tert-OH is 2. The van der Waals surface area contributed by atoms with Gasteiger partial charge in [0, 0.05) is 22.7 Å². The second kappa shape index (κ2) is 9.35. The highest BCUT2D eigenvalue weighted by molar-refractivity contribution is 6.01. The molecule has 0 amide bonds.